The third-order valence-electron chi connectivity index (χ3n) is 4.32. The molecule has 0 atom stereocenters. The molecule has 2 aromatic carbocycles. The summed E-state index contributed by atoms with van der Waals surface area (Å²) in [6.07, 6.45) is 2.60. The van der Waals surface area contributed by atoms with Crippen molar-refractivity contribution in [3.05, 3.63) is 82.4 Å². The van der Waals surface area contributed by atoms with Gasteiger partial charge in [-0.2, -0.15) is 5.10 Å². The molecule has 0 aliphatic heterocycles. The second-order valence-electron chi connectivity index (χ2n) is 7.48. The van der Waals surface area contributed by atoms with Gasteiger partial charge in [0.05, 0.1) is 4.75 Å². The molecule has 3 aromatic rings. The van der Waals surface area contributed by atoms with E-state index in [0.717, 1.165) is 5.56 Å². The smallest absolute Gasteiger partial charge is 0.204 e. The van der Waals surface area contributed by atoms with Crippen molar-refractivity contribution in [3.63, 3.8) is 0 Å². The lowest BCUT2D eigenvalue weighted by Gasteiger charge is -2.24. The van der Waals surface area contributed by atoms with Crippen LogP contribution in [0.15, 0.2) is 61.2 Å². The quantitative estimate of drug-likeness (QED) is 0.461. The number of rotatable bonds is 6. The van der Waals surface area contributed by atoms with Crippen LogP contribution in [0, 0.1) is 0 Å². The molecule has 0 aliphatic carbocycles. The van der Waals surface area contributed by atoms with E-state index in [0.29, 0.717) is 15.6 Å². The summed E-state index contributed by atoms with van der Waals surface area (Å²) in [6, 6.07) is 13.9. The highest BCUT2D eigenvalue weighted by Crippen LogP contribution is 2.35. The van der Waals surface area contributed by atoms with E-state index in [1.54, 1.807) is 51.1 Å². The van der Waals surface area contributed by atoms with Crippen molar-refractivity contribution in [2.24, 2.45) is 0 Å². The predicted octanol–water partition coefficient (Wildman–Crippen LogP) is 5.30. The van der Waals surface area contributed by atoms with Gasteiger partial charge >= 0.3 is 0 Å². The van der Waals surface area contributed by atoms with Crippen LogP contribution in [0.4, 0.5) is 0 Å². The van der Waals surface area contributed by atoms with Crippen molar-refractivity contribution in [2.45, 2.75) is 32.1 Å². The van der Waals surface area contributed by atoms with Gasteiger partial charge in [0.15, 0.2) is 5.76 Å². The number of ether oxygens (including phenoxy) is 1. The number of sulfone groups is 1. The first-order valence-electron chi connectivity index (χ1n) is 9.07. The minimum atomic E-state index is -3.88. The molecule has 1 heterocycles. The van der Waals surface area contributed by atoms with Crippen LogP contribution in [0.25, 0.3) is 10.8 Å². The lowest BCUT2D eigenvalue weighted by Crippen LogP contribution is -2.31. The second-order valence-corrected chi connectivity index (χ2v) is 10.9. The number of hydrogen-bond donors (Lipinski definition) is 0. The molecule has 0 spiro atoms. The molecule has 0 aliphatic rings. The van der Waals surface area contributed by atoms with Crippen molar-refractivity contribution in [2.75, 3.05) is 0 Å². The summed E-state index contributed by atoms with van der Waals surface area (Å²) in [5.41, 5.74) is 1.25. The number of hydrogen-bond acceptors (Lipinski definition) is 5. The van der Waals surface area contributed by atoms with E-state index in [4.69, 9.17) is 27.9 Å². The molecule has 0 bridgehead atoms. The van der Waals surface area contributed by atoms with Gasteiger partial charge in [0.25, 0.3) is 0 Å². The summed E-state index contributed by atoms with van der Waals surface area (Å²) < 4.78 is 33.2. The lowest BCUT2D eigenvalue weighted by atomic mass is 10.2. The van der Waals surface area contributed by atoms with E-state index in [1.165, 1.54) is 17.3 Å². The van der Waals surface area contributed by atoms with Crippen molar-refractivity contribution < 1.29 is 13.2 Å². The summed E-state index contributed by atoms with van der Waals surface area (Å²) in [7, 11) is -3.88. The van der Waals surface area contributed by atoms with Gasteiger partial charge in [0.1, 0.15) is 19.3 Å². The zero-order chi connectivity index (χ0) is 21.9. The Morgan fingerprint density at radius 3 is 2.30 bits per heavy atom. The molecular formula is C21H21Cl2N3O3S. The molecule has 0 unspecified atom stereocenters. The van der Waals surface area contributed by atoms with Crippen LogP contribution in [0.3, 0.4) is 0 Å². The van der Waals surface area contributed by atoms with Gasteiger partial charge < -0.3 is 4.74 Å². The van der Waals surface area contributed by atoms with Crippen LogP contribution >= 0.6 is 23.2 Å². The highest BCUT2D eigenvalue weighted by atomic mass is 35.5. The van der Waals surface area contributed by atoms with Crippen molar-refractivity contribution in [1.82, 2.24) is 14.8 Å². The summed E-state index contributed by atoms with van der Waals surface area (Å²) in [6.45, 7) is 4.92. The van der Waals surface area contributed by atoms with Crippen molar-refractivity contribution >= 4 is 43.8 Å². The van der Waals surface area contributed by atoms with E-state index in [9.17, 15) is 8.42 Å². The van der Waals surface area contributed by atoms with Crippen LogP contribution in [0.1, 0.15) is 31.9 Å². The standard InChI is InChI=1S/C21H21Cl2N3O3S/c1-21(2,3)30(27,28)20(26-14-24-13-25-26)19(15-8-10-17(22)11-9-15)29-12-16-6-4-5-7-18(16)23/h4-11,13-14H,12H2,1-3H3. The van der Waals surface area contributed by atoms with Crippen LogP contribution in [-0.2, 0) is 21.2 Å². The van der Waals surface area contributed by atoms with E-state index in [2.05, 4.69) is 10.1 Å². The number of benzene rings is 2. The van der Waals surface area contributed by atoms with E-state index in [1.807, 2.05) is 18.2 Å². The van der Waals surface area contributed by atoms with Gasteiger partial charge in [-0.25, -0.2) is 18.1 Å². The average molecular weight is 466 g/mol. The summed E-state index contributed by atoms with van der Waals surface area (Å²) in [4.78, 5) is 3.92. The Kier molecular flexibility index (Phi) is 6.55. The largest absolute Gasteiger partial charge is 0.485 e. The van der Waals surface area contributed by atoms with Gasteiger partial charge in [-0.05, 0) is 51.1 Å². The first-order valence-corrected chi connectivity index (χ1v) is 11.3. The monoisotopic (exact) mass is 465 g/mol. The van der Waals surface area contributed by atoms with Crippen molar-refractivity contribution in [3.8, 4) is 0 Å². The van der Waals surface area contributed by atoms with Crippen LogP contribution in [0.2, 0.25) is 10.0 Å². The van der Waals surface area contributed by atoms with Gasteiger partial charge in [-0.15, -0.1) is 0 Å². The zero-order valence-electron chi connectivity index (χ0n) is 16.7. The Morgan fingerprint density at radius 1 is 1.07 bits per heavy atom. The van der Waals surface area contributed by atoms with Gasteiger partial charge in [0.2, 0.25) is 14.9 Å². The number of halogens is 2. The fourth-order valence-corrected chi connectivity index (χ4v) is 4.25. The second kappa shape index (κ2) is 8.79. The Balaban J connectivity index is 2.24. The number of aromatic nitrogens is 3. The maximum absolute atomic E-state index is 13.5. The molecule has 0 N–H and O–H groups in total. The fraction of sp³-hybridized carbons (Fsp3) is 0.238. The third-order valence-corrected chi connectivity index (χ3v) is 7.43. The lowest BCUT2D eigenvalue weighted by molar-refractivity contribution is 0.265. The molecule has 0 fully saturated rings. The first kappa shape index (κ1) is 22.3. The molecule has 9 heteroatoms. The number of nitrogens with zero attached hydrogens (tertiary/aromatic N) is 3. The highest BCUT2D eigenvalue weighted by molar-refractivity contribution is 8.01. The zero-order valence-corrected chi connectivity index (χ0v) is 19.0. The Morgan fingerprint density at radius 2 is 1.73 bits per heavy atom. The topological polar surface area (TPSA) is 74.1 Å². The Bertz CT molecular complexity index is 1150. The summed E-state index contributed by atoms with van der Waals surface area (Å²) in [5.74, 6) is 0.131. The van der Waals surface area contributed by atoms with Crippen molar-refractivity contribution in [1.29, 1.82) is 0 Å². The highest BCUT2D eigenvalue weighted by Gasteiger charge is 2.38. The molecular weight excluding hydrogens is 445 g/mol. The molecule has 0 saturated heterocycles. The minimum absolute atomic E-state index is 0.0650. The maximum atomic E-state index is 13.5. The fourth-order valence-electron chi connectivity index (χ4n) is 2.59. The molecule has 3 rings (SSSR count). The maximum Gasteiger partial charge on any atom is 0.204 e. The summed E-state index contributed by atoms with van der Waals surface area (Å²) >= 11 is 12.3. The van der Waals surface area contributed by atoms with Crippen LogP contribution in [0.5, 0.6) is 0 Å². The molecule has 1 aromatic heterocycles. The summed E-state index contributed by atoms with van der Waals surface area (Å²) in [5, 5.41) is 5.00. The van der Waals surface area contributed by atoms with Crippen LogP contribution in [-0.4, -0.2) is 27.9 Å². The Hall–Kier alpha value is -2.35. The molecule has 6 nitrogen and oxygen atoms in total. The normalized spacial score (nSPS) is 13.1. The SMILES string of the molecule is CC(C)(C)S(=O)(=O)C(=C(OCc1ccccc1Cl)c1ccc(Cl)cc1)n1cncn1. The predicted molar refractivity (Wildman–Crippen MR) is 119 cm³/mol. The Labute approximate surface area is 186 Å². The van der Waals surface area contributed by atoms with E-state index >= 15 is 0 Å². The first-order chi connectivity index (χ1) is 14.1. The molecule has 30 heavy (non-hydrogen) atoms. The third kappa shape index (κ3) is 4.69. The molecule has 0 radical (unpaired) electrons. The van der Waals surface area contributed by atoms with Gasteiger partial charge in [-0.1, -0.05) is 41.4 Å². The molecule has 158 valence electrons. The van der Waals surface area contributed by atoms with Gasteiger partial charge in [-0.3, -0.25) is 0 Å². The van der Waals surface area contributed by atoms with Gasteiger partial charge in [0, 0.05) is 21.2 Å². The molecule has 0 saturated carbocycles. The van der Waals surface area contributed by atoms with E-state index < -0.39 is 14.6 Å². The molecule has 0 amide bonds. The van der Waals surface area contributed by atoms with E-state index in [-0.39, 0.29) is 17.4 Å². The van der Waals surface area contributed by atoms with Crippen LogP contribution < -0.4 is 0 Å². The average Bonchev–Trinajstić information content (AvgIpc) is 3.20. The minimum Gasteiger partial charge on any atom is -0.485 e.